The first-order valence-corrected chi connectivity index (χ1v) is 22.1. The molecule has 0 saturated heterocycles. The lowest BCUT2D eigenvalue weighted by Gasteiger charge is -2.39. The van der Waals surface area contributed by atoms with Crippen molar-refractivity contribution >= 4 is 59.3 Å². The van der Waals surface area contributed by atoms with Gasteiger partial charge in [0, 0.05) is 38.0 Å². The SMILES string of the molecule is c1ccc(-c2ccc(N(c3ccc(-c4cccc5c4-c4c(ccc6ccccc46)C54c5ccccc5Oc5ccccc54)cc3)c3cccc4c3sc3ccccc34)cc2)cc1. The van der Waals surface area contributed by atoms with Crippen LogP contribution in [0.15, 0.2) is 224 Å². The third kappa shape index (κ3) is 5.03. The molecule has 0 N–H and O–H groups in total. The summed E-state index contributed by atoms with van der Waals surface area (Å²) in [7, 11) is 0. The maximum absolute atomic E-state index is 6.67. The highest BCUT2D eigenvalue weighted by molar-refractivity contribution is 7.26. The van der Waals surface area contributed by atoms with Gasteiger partial charge in [0.05, 0.1) is 15.8 Å². The average Bonchev–Trinajstić information content (AvgIpc) is 3.87. The van der Waals surface area contributed by atoms with Crippen LogP contribution in [-0.2, 0) is 5.41 Å². The lowest BCUT2D eigenvalue weighted by Crippen LogP contribution is -2.32. The molecule has 0 bridgehead atoms. The third-order valence-electron chi connectivity index (χ3n) is 13.1. The van der Waals surface area contributed by atoms with Crippen LogP contribution in [0.25, 0.3) is 64.3 Å². The molecule has 1 aliphatic carbocycles. The Hall–Kier alpha value is -7.72. The molecule has 290 valence electrons. The second-order valence-corrected chi connectivity index (χ2v) is 17.4. The summed E-state index contributed by atoms with van der Waals surface area (Å²) < 4.78 is 9.24. The highest BCUT2D eigenvalue weighted by Crippen LogP contribution is 2.64. The minimum atomic E-state index is -0.554. The van der Waals surface area contributed by atoms with Crippen LogP contribution in [-0.4, -0.2) is 0 Å². The molecule has 2 nitrogen and oxygen atoms in total. The molecule has 3 heteroatoms. The number of fused-ring (bicyclic) bond motifs is 14. The number of para-hydroxylation sites is 2. The predicted octanol–water partition coefficient (Wildman–Crippen LogP) is 16.5. The first-order chi connectivity index (χ1) is 30.8. The van der Waals surface area contributed by atoms with Gasteiger partial charge in [-0.2, -0.15) is 0 Å². The van der Waals surface area contributed by atoms with E-state index >= 15 is 0 Å². The van der Waals surface area contributed by atoms with E-state index in [1.807, 2.05) is 11.3 Å². The van der Waals surface area contributed by atoms with Gasteiger partial charge >= 0.3 is 0 Å². The zero-order valence-corrected chi connectivity index (χ0v) is 34.4. The van der Waals surface area contributed by atoms with Crippen molar-refractivity contribution in [1.29, 1.82) is 0 Å². The Morgan fingerprint density at radius 3 is 1.69 bits per heavy atom. The number of thiophene rings is 1. The van der Waals surface area contributed by atoms with Crippen LogP contribution < -0.4 is 9.64 Å². The standard InChI is InChI=1S/C59H37NOS/c1-2-14-38(15-3-1)39-28-33-42(34-29-39)60(52-24-13-20-47-46-18-6-11-27-55(46)62-58(47)52)43-35-30-41(31-36-43)45-19-12-23-50-56(45)57-44-17-5-4-16-40(44)32-37-51(57)59(50)48-21-7-9-25-53(48)61-54-26-10-8-22-49(54)59/h1-37H. The van der Waals surface area contributed by atoms with E-state index in [2.05, 4.69) is 229 Å². The zero-order valence-electron chi connectivity index (χ0n) is 33.6. The first-order valence-electron chi connectivity index (χ1n) is 21.2. The monoisotopic (exact) mass is 807 g/mol. The minimum Gasteiger partial charge on any atom is -0.457 e. The van der Waals surface area contributed by atoms with Crippen molar-refractivity contribution in [1.82, 2.24) is 0 Å². The minimum absolute atomic E-state index is 0.554. The first kappa shape index (κ1) is 35.1. The van der Waals surface area contributed by atoms with Gasteiger partial charge in [-0.3, -0.25) is 0 Å². The molecule has 2 heterocycles. The van der Waals surface area contributed by atoms with Crippen LogP contribution in [0.1, 0.15) is 22.3 Å². The van der Waals surface area contributed by atoms with Gasteiger partial charge in [-0.05, 0) is 104 Å². The molecule has 10 aromatic carbocycles. The summed E-state index contributed by atoms with van der Waals surface area (Å²) in [5, 5.41) is 5.07. The van der Waals surface area contributed by atoms with Crippen molar-refractivity contribution in [2.24, 2.45) is 0 Å². The van der Waals surface area contributed by atoms with Crippen molar-refractivity contribution < 1.29 is 4.74 Å². The van der Waals surface area contributed by atoms with E-state index in [0.29, 0.717) is 0 Å². The van der Waals surface area contributed by atoms with Crippen molar-refractivity contribution in [2.45, 2.75) is 5.41 Å². The number of benzene rings is 10. The Balaban J connectivity index is 1.02. The predicted molar refractivity (Wildman–Crippen MR) is 260 cm³/mol. The quantitative estimate of drug-likeness (QED) is 0.172. The average molecular weight is 808 g/mol. The van der Waals surface area contributed by atoms with Crippen molar-refractivity contribution in [2.75, 3.05) is 4.90 Å². The van der Waals surface area contributed by atoms with E-state index in [1.165, 1.54) is 92.3 Å². The van der Waals surface area contributed by atoms with Gasteiger partial charge in [-0.25, -0.2) is 0 Å². The largest absolute Gasteiger partial charge is 0.457 e. The van der Waals surface area contributed by atoms with E-state index in [1.54, 1.807) is 0 Å². The second-order valence-electron chi connectivity index (χ2n) is 16.3. The summed E-state index contributed by atoms with van der Waals surface area (Å²) in [6, 6.07) is 82.1. The summed E-state index contributed by atoms with van der Waals surface area (Å²) >= 11 is 1.86. The number of ether oxygens (including phenoxy) is 1. The molecule has 62 heavy (non-hydrogen) atoms. The number of hydrogen-bond donors (Lipinski definition) is 0. The fraction of sp³-hybridized carbons (Fsp3) is 0.0169. The number of hydrogen-bond acceptors (Lipinski definition) is 3. The number of nitrogens with zero attached hydrogens (tertiary/aromatic N) is 1. The van der Waals surface area contributed by atoms with Gasteiger partial charge in [0.25, 0.3) is 0 Å². The molecular formula is C59H37NOS. The van der Waals surface area contributed by atoms with Crippen LogP contribution >= 0.6 is 11.3 Å². The maximum atomic E-state index is 6.67. The van der Waals surface area contributed by atoms with E-state index in [4.69, 9.17) is 4.74 Å². The Kier molecular flexibility index (Phi) is 7.72. The van der Waals surface area contributed by atoms with Gasteiger partial charge in [0.2, 0.25) is 0 Å². The molecule has 1 spiro atoms. The van der Waals surface area contributed by atoms with Gasteiger partial charge < -0.3 is 9.64 Å². The lowest BCUT2D eigenvalue weighted by molar-refractivity contribution is 0.436. The molecule has 0 radical (unpaired) electrons. The van der Waals surface area contributed by atoms with Crippen LogP contribution in [0.2, 0.25) is 0 Å². The summed E-state index contributed by atoms with van der Waals surface area (Å²) in [4.78, 5) is 2.43. The van der Waals surface area contributed by atoms with Crippen molar-refractivity contribution in [3.05, 3.63) is 247 Å². The van der Waals surface area contributed by atoms with Crippen LogP contribution in [0.5, 0.6) is 11.5 Å². The fourth-order valence-corrected chi connectivity index (χ4v) is 11.7. The lowest BCUT2D eigenvalue weighted by atomic mass is 9.66. The van der Waals surface area contributed by atoms with E-state index in [-0.39, 0.29) is 0 Å². The van der Waals surface area contributed by atoms with Gasteiger partial charge in [0.1, 0.15) is 11.5 Å². The molecule has 0 amide bonds. The summed E-state index contributed by atoms with van der Waals surface area (Å²) in [5.74, 6) is 1.80. The smallest absolute Gasteiger partial charge is 0.132 e. The topological polar surface area (TPSA) is 12.5 Å². The third-order valence-corrected chi connectivity index (χ3v) is 14.4. The highest BCUT2D eigenvalue weighted by atomic mass is 32.1. The van der Waals surface area contributed by atoms with Crippen molar-refractivity contribution in [3.8, 4) is 44.9 Å². The Bertz CT molecular complexity index is 3500. The molecule has 0 unspecified atom stereocenters. The Labute approximate surface area is 364 Å². The molecule has 11 aromatic rings. The van der Waals surface area contributed by atoms with Gasteiger partial charge in [-0.1, -0.05) is 176 Å². The fourth-order valence-electron chi connectivity index (χ4n) is 10.5. The summed E-state index contributed by atoms with van der Waals surface area (Å²) in [5.41, 5.74) is 15.1. The van der Waals surface area contributed by atoms with Crippen LogP contribution in [0.3, 0.4) is 0 Å². The molecule has 1 aliphatic heterocycles. The van der Waals surface area contributed by atoms with Crippen molar-refractivity contribution in [3.63, 3.8) is 0 Å². The molecular weight excluding hydrogens is 771 g/mol. The Morgan fingerprint density at radius 2 is 0.935 bits per heavy atom. The molecule has 0 atom stereocenters. The highest BCUT2D eigenvalue weighted by Gasteiger charge is 2.52. The molecule has 1 aromatic heterocycles. The number of rotatable bonds is 5. The maximum Gasteiger partial charge on any atom is 0.132 e. The summed E-state index contributed by atoms with van der Waals surface area (Å²) in [6.45, 7) is 0. The molecule has 13 rings (SSSR count). The number of anilines is 3. The van der Waals surface area contributed by atoms with E-state index in [0.717, 1.165) is 22.9 Å². The van der Waals surface area contributed by atoms with Crippen LogP contribution in [0, 0.1) is 0 Å². The second kappa shape index (κ2) is 13.7. The zero-order chi connectivity index (χ0) is 40.8. The van der Waals surface area contributed by atoms with E-state index < -0.39 is 5.41 Å². The van der Waals surface area contributed by atoms with Gasteiger partial charge in [-0.15, -0.1) is 11.3 Å². The normalized spacial score (nSPS) is 13.1. The van der Waals surface area contributed by atoms with E-state index in [9.17, 15) is 0 Å². The molecule has 0 saturated carbocycles. The molecule has 0 fully saturated rings. The Morgan fingerprint density at radius 1 is 0.371 bits per heavy atom. The molecule has 2 aliphatic rings. The summed E-state index contributed by atoms with van der Waals surface area (Å²) in [6.07, 6.45) is 0. The van der Waals surface area contributed by atoms with Crippen LogP contribution in [0.4, 0.5) is 17.1 Å². The van der Waals surface area contributed by atoms with Gasteiger partial charge in [0.15, 0.2) is 0 Å².